The third kappa shape index (κ3) is 53.0. The van der Waals surface area contributed by atoms with Gasteiger partial charge in [-0.3, -0.25) is 0 Å². The predicted molar refractivity (Wildman–Crippen MR) is 201 cm³/mol. The van der Waals surface area contributed by atoms with Gasteiger partial charge in [-0.1, -0.05) is 6.08 Å². The van der Waals surface area contributed by atoms with E-state index in [9.17, 15) is 0 Å². The fourth-order valence-electron chi connectivity index (χ4n) is 3.75. The molecular formula is C37H74O18. The van der Waals surface area contributed by atoms with Gasteiger partial charge in [0.05, 0.1) is 231 Å². The van der Waals surface area contributed by atoms with Gasteiger partial charge in [0.2, 0.25) is 0 Å². The van der Waals surface area contributed by atoms with Crippen LogP contribution >= 0.6 is 0 Å². The van der Waals surface area contributed by atoms with Gasteiger partial charge in [-0.2, -0.15) is 0 Å². The van der Waals surface area contributed by atoms with Crippen molar-refractivity contribution in [3.63, 3.8) is 0 Å². The Morgan fingerprint density at radius 3 is 0.473 bits per heavy atom. The summed E-state index contributed by atoms with van der Waals surface area (Å²) in [6.07, 6.45) is 1.71. The molecule has 0 rings (SSSR count). The molecule has 0 aliphatic heterocycles. The molecule has 0 saturated heterocycles. The summed E-state index contributed by atoms with van der Waals surface area (Å²) in [4.78, 5) is 0. The van der Waals surface area contributed by atoms with Crippen LogP contribution in [0.15, 0.2) is 12.7 Å². The Hall–Kier alpha value is -0.980. The number of hydrogen-bond acceptors (Lipinski definition) is 18. The van der Waals surface area contributed by atoms with E-state index in [0.717, 1.165) is 0 Å². The maximum Gasteiger partial charge on any atom is 0.0704 e. The number of ether oxygens (including phenoxy) is 17. The van der Waals surface area contributed by atoms with E-state index in [0.29, 0.717) is 225 Å². The van der Waals surface area contributed by atoms with Crippen LogP contribution in [0.3, 0.4) is 0 Å². The Morgan fingerprint density at radius 2 is 0.345 bits per heavy atom. The molecule has 0 amide bonds. The molecule has 0 aromatic rings. The second-order valence-electron chi connectivity index (χ2n) is 10.9. The Balaban J connectivity index is 3.05. The van der Waals surface area contributed by atoms with Crippen molar-refractivity contribution in [3.05, 3.63) is 12.7 Å². The number of aliphatic hydroxyl groups is 1. The largest absolute Gasteiger partial charge is 0.394 e. The van der Waals surface area contributed by atoms with Crippen molar-refractivity contribution in [3.8, 4) is 0 Å². The normalized spacial score (nSPS) is 11.6. The van der Waals surface area contributed by atoms with Crippen LogP contribution in [-0.2, 0) is 80.5 Å². The third-order valence-electron chi connectivity index (χ3n) is 6.42. The summed E-state index contributed by atoms with van der Waals surface area (Å²) in [6.45, 7) is 20.6. The maximum atomic E-state index is 8.59. The van der Waals surface area contributed by atoms with Crippen molar-refractivity contribution >= 4 is 0 Å². The Bertz CT molecular complexity index is 684. The van der Waals surface area contributed by atoms with Gasteiger partial charge in [0.1, 0.15) is 0 Å². The molecule has 0 aliphatic carbocycles. The highest BCUT2D eigenvalue weighted by Crippen LogP contribution is 1.89. The quantitative estimate of drug-likeness (QED) is 0.0662. The van der Waals surface area contributed by atoms with Gasteiger partial charge < -0.3 is 85.6 Å². The molecule has 55 heavy (non-hydrogen) atoms. The number of hydrogen-bond donors (Lipinski definition) is 1. The van der Waals surface area contributed by atoms with E-state index in [-0.39, 0.29) is 6.61 Å². The van der Waals surface area contributed by atoms with Crippen molar-refractivity contribution in [2.45, 2.75) is 0 Å². The summed E-state index contributed by atoms with van der Waals surface area (Å²) in [6, 6.07) is 0. The molecule has 18 nitrogen and oxygen atoms in total. The van der Waals surface area contributed by atoms with Crippen LogP contribution in [0.2, 0.25) is 0 Å². The van der Waals surface area contributed by atoms with Crippen LogP contribution < -0.4 is 0 Å². The molecule has 0 heterocycles. The smallest absolute Gasteiger partial charge is 0.0704 e. The maximum absolute atomic E-state index is 8.59. The standard InChI is InChI=1S/C37H74O18/c1-2-4-39-6-8-41-10-12-43-14-16-45-18-20-47-22-24-49-26-28-51-30-32-53-34-36-55-37-35-54-33-31-52-29-27-50-25-23-48-21-19-46-17-15-44-13-11-42-9-7-40-5-3-38/h2,38H,1,3-37H2. The highest BCUT2D eigenvalue weighted by molar-refractivity contribution is 4.63. The van der Waals surface area contributed by atoms with Gasteiger partial charge >= 0.3 is 0 Å². The molecule has 0 aromatic carbocycles. The van der Waals surface area contributed by atoms with E-state index in [1.54, 1.807) is 6.08 Å². The van der Waals surface area contributed by atoms with E-state index in [1.165, 1.54) is 0 Å². The van der Waals surface area contributed by atoms with Gasteiger partial charge in [-0.15, -0.1) is 6.58 Å². The lowest BCUT2D eigenvalue weighted by atomic mass is 10.6. The zero-order valence-corrected chi connectivity index (χ0v) is 33.4. The fraction of sp³-hybridized carbons (Fsp3) is 0.946. The van der Waals surface area contributed by atoms with E-state index in [4.69, 9.17) is 85.6 Å². The predicted octanol–water partition coefficient (Wildman–Crippen LogP) is 0.447. The summed E-state index contributed by atoms with van der Waals surface area (Å²) in [5, 5.41) is 8.59. The summed E-state index contributed by atoms with van der Waals surface area (Å²) < 4.78 is 92.1. The Morgan fingerprint density at radius 1 is 0.218 bits per heavy atom. The summed E-state index contributed by atoms with van der Waals surface area (Å²) in [7, 11) is 0. The molecular weight excluding hydrogens is 732 g/mol. The molecule has 0 aromatic heterocycles. The molecule has 0 atom stereocenters. The fourth-order valence-corrected chi connectivity index (χ4v) is 3.75. The minimum Gasteiger partial charge on any atom is -0.394 e. The Kier molecular flexibility index (Phi) is 52.1. The number of rotatable bonds is 52. The molecule has 0 unspecified atom stereocenters. The van der Waals surface area contributed by atoms with Gasteiger partial charge in [0.25, 0.3) is 0 Å². The van der Waals surface area contributed by atoms with Crippen LogP contribution in [-0.4, -0.2) is 236 Å². The molecule has 330 valence electrons. The summed E-state index contributed by atoms with van der Waals surface area (Å²) >= 11 is 0. The second-order valence-corrected chi connectivity index (χ2v) is 10.9. The first-order chi connectivity index (χ1) is 27.4. The minimum atomic E-state index is 0.0215. The molecule has 0 aliphatic rings. The number of aliphatic hydroxyl groups excluding tert-OH is 1. The topological polar surface area (TPSA) is 177 Å². The lowest BCUT2D eigenvalue weighted by Crippen LogP contribution is -2.16. The molecule has 0 saturated carbocycles. The molecule has 0 spiro atoms. The van der Waals surface area contributed by atoms with Crippen LogP contribution in [0.25, 0.3) is 0 Å². The van der Waals surface area contributed by atoms with E-state index in [1.807, 2.05) is 0 Å². The molecule has 0 fully saturated rings. The van der Waals surface area contributed by atoms with Crippen molar-refractivity contribution in [1.29, 1.82) is 0 Å². The van der Waals surface area contributed by atoms with Gasteiger partial charge in [-0.05, 0) is 0 Å². The van der Waals surface area contributed by atoms with E-state index >= 15 is 0 Å². The highest BCUT2D eigenvalue weighted by atomic mass is 16.6. The van der Waals surface area contributed by atoms with Gasteiger partial charge in [0, 0.05) is 0 Å². The molecule has 18 heteroatoms. The molecule has 0 bridgehead atoms. The lowest BCUT2D eigenvalue weighted by Gasteiger charge is -2.09. The first-order valence-corrected chi connectivity index (χ1v) is 19.4. The zero-order valence-electron chi connectivity index (χ0n) is 33.4. The minimum absolute atomic E-state index is 0.0215. The van der Waals surface area contributed by atoms with Crippen molar-refractivity contribution in [2.75, 3.05) is 231 Å². The monoisotopic (exact) mass is 806 g/mol. The Labute approximate surface area is 329 Å². The lowest BCUT2D eigenvalue weighted by molar-refractivity contribution is -0.0307. The van der Waals surface area contributed by atoms with Crippen LogP contribution in [0.5, 0.6) is 0 Å². The third-order valence-corrected chi connectivity index (χ3v) is 6.42. The SMILES string of the molecule is C=CCOCCOCCOCCOCCOCCOCCOCCOCCOCCOCCOCCOCCOCCOCCOCCOCCOCCO. The van der Waals surface area contributed by atoms with E-state index in [2.05, 4.69) is 6.58 Å². The van der Waals surface area contributed by atoms with E-state index < -0.39 is 0 Å². The van der Waals surface area contributed by atoms with Crippen LogP contribution in [0.1, 0.15) is 0 Å². The van der Waals surface area contributed by atoms with Crippen LogP contribution in [0, 0.1) is 0 Å². The average molecular weight is 807 g/mol. The van der Waals surface area contributed by atoms with Gasteiger partial charge in [-0.25, -0.2) is 0 Å². The van der Waals surface area contributed by atoms with Crippen molar-refractivity contribution in [1.82, 2.24) is 0 Å². The second kappa shape index (κ2) is 53.0. The van der Waals surface area contributed by atoms with Crippen LogP contribution in [0.4, 0.5) is 0 Å². The summed E-state index contributed by atoms with van der Waals surface area (Å²) in [5.74, 6) is 0. The first kappa shape index (κ1) is 54.0. The zero-order chi connectivity index (χ0) is 39.5. The molecule has 1 N–H and O–H groups in total. The highest BCUT2D eigenvalue weighted by Gasteiger charge is 1.98. The summed E-state index contributed by atoms with van der Waals surface area (Å²) in [5.41, 5.74) is 0. The van der Waals surface area contributed by atoms with Gasteiger partial charge in [0.15, 0.2) is 0 Å². The van der Waals surface area contributed by atoms with Crippen molar-refractivity contribution in [2.24, 2.45) is 0 Å². The van der Waals surface area contributed by atoms with Crippen molar-refractivity contribution < 1.29 is 85.6 Å². The average Bonchev–Trinajstić information content (AvgIpc) is 3.20. The molecule has 0 radical (unpaired) electrons. The first-order valence-electron chi connectivity index (χ1n) is 19.4.